The molecular weight excluding hydrogens is 531 g/mol. The van der Waals surface area contributed by atoms with Crippen molar-refractivity contribution in [3.63, 3.8) is 0 Å². The van der Waals surface area contributed by atoms with Crippen LogP contribution in [0.5, 0.6) is 0 Å². The summed E-state index contributed by atoms with van der Waals surface area (Å²) in [6, 6.07) is 21.1. The Morgan fingerprint density at radius 2 is 1.76 bits per heavy atom. The number of nitrogens with one attached hydrogen (secondary N) is 1. The molecule has 2 fully saturated rings. The number of rotatable bonds is 6. The predicted octanol–water partition coefficient (Wildman–Crippen LogP) is 7.13. The Balaban J connectivity index is 1.19. The number of likely N-dealkylation sites (tertiary alicyclic amines) is 1. The summed E-state index contributed by atoms with van der Waals surface area (Å²) in [7, 11) is 0. The van der Waals surface area contributed by atoms with Gasteiger partial charge in [0.25, 0.3) is 0 Å². The second kappa shape index (κ2) is 11.6. The number of aromatic nitrogens is 3. The van der Waals surface area contributed by atoms with Crippen molar-refractivity contribution in [3.8, 4) is 5.69 Å². The van der Waals surface area contributed by atoms with Gasteiger partial charge in [-0.25, -0.2) is 9.18 Å². The highest BCUT2D eigenvalue weighted by molar-refractivity contribution is 5.98. The number of nitrogens with zero attached hydrogens (tertiary/aromatic N) is 3. The number of hydrogen-bond donors (Lipinski definition) is 1. The first-order chi connectivity index (χ1) is 20.6. The molecule has 2 aromatic heterocycles. The molecule has 0 unspecified atom stereocenters. The van der Waals surface area contributed by atoms with Gasteiger partial charge >= 0.3 is 6.09 Å². The number of halogens is 1. The van der Waals surface area contributed by atoms with E-state index in [0.717, 1.165) is 73.0 Å². The zero-order valence-electron chi connectivity index (χ0n) is 23.6. The quantitative estimate of drug-likeness (QED) is 0.237. The second-order valence-corrected chi connectivity index (χ2v) is 11.6. The number of piperidine rings is 1. The lowest BCUT2D eigenvalue weighted by Crippen LogP contribution is -2.39. The standard InChI is InChI=1S/C34H35FN4O3/c35-27-6-8-28(9-7-27)39-32-19-26-21-36-37-31(26)20-29(32)30(33(39)25-12-16-41-17-13-25)18-23-10-14-38(15-11-23)34(40)42-22-24-4-2-1-3-5-24/h1-9,19-21,23,25H,10-18,22H2,(H,36,37). The average molecular weight is 567 g/mol. The third kappa shape index (κ3) is 5.27. The number of carbonyl (C=O) groups is 1. The SMILES string of the molecule is O=C(OCc1ccccc1)N1CCC(Cc2c(C3CCOCC3)n(-c3ccc(F)cc3)c3cc4cn[nH]c4cc23)CC1. The zero-order valence-corrected chi connectivity index (χ0v) is 23.6. The maximum absolute atomic E-state index is 14.0. The largest absolute Gasteiger partial charge is 0.445 e. The number of hydrogen-bond acceptors (Lipinski definition) is 4. The molecule has 0 radical (unpaired) electrons. The van der Waals surface area contributed by atoms with E-state index in [1.807, 2.05) is 53.6 Å². The molecule has 2 aliphatic rings. The Labute approximate surface area is 244 Å². The van der Waals surface area contributed by atoms with Gasteiger partial charge in [0.15, 0.2) is 0 Å². The molecule has 8 heteroatoms. The Kier molecular flexibility index (Phi) is 7.38. The van der Waals surface area contributed by atoms with E-state index < -0.39 is 0 Å². The molecular formula is C34H35FN4O3. The van der Waals surface area contributed by atoms with E-state index >= 15 is 0 Å². The van der Waals surface area contributed by atoms with Crippen LogP contribution in [0.2, 0.25) is 0 Å². The van der Waals surface area contributed by atoms with Gasteiger partial charge in [0.2, 0.25) is 0 Å². The van der Waals surface area contributed by atoms with E-state index in [1.54, 1.807) is 0 Å². The van der Waals surface area contributed by atoms with Gasteiger partial charge in [-0.05, 0) is 85.5 Å². The smallest absolute Gasteiger partial charge is 0.410 e. The van der Waals surface area contributed by atoms with Gasteiger partial charge in [0, 0.05) is 54.4 Å². The number of benzene rings is 3. The van der Waals surface area contributed by atoms with Crippen LogP contribution in [-0.2, 0) is 22.5 Å². The number of aromatic amines is 1. The summed E-state index contributed by atoms with van der Waals surface area (Å²) in [6.45, 7) is 3.14. The minimum atomic E-state index is -0.241. The molecule has 5 aromatic rings. The Bertz CT molecular complexity index is 1680. The van der Waals surface area contributed by atoms with Crippen LogP contribution in [0.4, 0.5) is 9.18 Å². The van der Waals surface area contributed by atoms with Crippen molar-refractivity contribution in [2.75, 3.05) is 26.3 Å². The van der Waals surface area contributed by atoms with Crippen LogP contribution in [0.1, 0.15) is 48.4 Å². The molecule has 0 spiro atoms. The molecule has 1 amide bonds. The van der Waals surface area contributed by atoms with Crippen LogP contribution in [0, 0.1) is 11.7 Å². The first-order valence-corrected chi connectivity index (χ1v) is 14.9. The summed E-state index contributed by atoms with van der Waals surface area (Å²) in [5.41, 5.74) is 6.75. The fourth-order valence-corrected chi connectivity index (χ4v) is 6.71. The molecule has 3 aromatic carbocycles. The van der Waals surface area contributed by atoms with E-state index in [4.69, 9.17) is 9.47 Å². The maximum Gasteiger partial charge on any atom is 0.410 e. The number of H-pyrrole nitrogens is 1. The molecule has 4 heterocycles. The molecule has 2 saturated heterocycles. The highest BCUT2D eigenvalue weighted by Gasteiger charge is 2.31. The Morgan fingerprint density at radius 1 is 1.00 bits per heavy atom. The lowest BCUT2D eigenvalue weighted by Gasteiger charge is -2.32. The summed E-state index contributed by atoms with van der Waals surface area (Å²) in [5.74, 6) is 0.538. The van der Waals surface area contributed by atoms with E-state index in [2.05, 4.69) is 26.9 Å². The summed E-state index contributed by atoms with van der Waals surface area (Å²) in [6.07, 6.45) is 6.29. The van der Waals surface area contributed by atoms with E-state index in [1.165, 1.54) is 28.8 Å². The molecule has 0 saturated carbocycles. The van der Waals surface area contributed by atoms with E-state index in [-0.39, 0.29) is 11.9 Å². The summed E-state index contributed by atoms with van der Waals surface area (Å²) < 4.78 is 27.7. The number of fused-ring (bicyclic) bond motifs is 2. The second-order valence-electron chi connectivity index (χ2n) is 11.6. The maximum atomic E-state index is 14.0. The van der Waals surface area contributed by atoms with Crippen molar-refractivity contribution >= 4 is 27.9 Å². The summed E-state index contributed by atoms with van der Waals surface area (Å²) in [5, 5.41) is 9.70. The molecule has 2 aliphatic heterocycles. The van der Waals surface area contributed by atoms with Crippen LogP contribution in [-0.4, -0.2) is 52.1 Å². The van der Waals surface area contributed by atoms with Gasteiger partial charge in [-0.1, -0.05) is 30.3 Å². The van der Waals surface area contributed by atoms with Crippen molar-refractivity contribution in [3.05, 3.63) is 95.6 Å². The first-order valence-electron chi connectivity index (χ1n) is 14.9. The molecule has 0 atom stereocenters. The van der Waals surface area contributed by atoms with Crippen molar-refractivity contribution in [1.29, 1.82) is 0 Å². The van der Waals surface area contributed by atoms with Gasteiger partial charge < -0.3 is 18.9 Å². The fraction of sp³-hybridized carbons (Fsp3) is 0.353. The van der Waals surface area contributed by atoms with Crippen molar-refractivity contribution in [2.24, 2.45) is 5.92 Å². The predicted molar refractivity (Wildman–Crippen MR) is 160 cm³/mol. The van der Waals surface area contributed by atoms with Crippen molar-refractivity contribution in [2.45, 2.75) is 44.6 Å². The van der Waals surface area contributed by atoms with Crippen LogP contribution in [0.15, 0.2) is 72.9 Å². The Hall–Kier alpha value is -4.17. The lowest BCUT2D eigenvalue weighted by atomic mass is 9.85. The van der Waals surface area contributed by atoms with E-state index in [9.17, 15) is 9.18 Å². The molecule has 0 bridgehead atoms. The number of amides is 1. The molecule has 7 nitrogen and oxygen atoms in total. The zero-order chi connectivity index (χ0) is 28.5. The van der Waals surface area contributed by atoms with Gasteiger partial charge in [0.05, 0.1) is 17.2 Å². The van der Waals surface area contributed by atoms with Gasteiger partial charge in [-0.3, -0.25) is 5.10 Å². The first kappa shape index (κ1) is 26.7. The van der Waals surface area contributed by atoms with Gasteiger partial charge in [0.1, 0.15) is 12.4 Å². The van der Waals surface area contributed by atoms with Crippen LogP contribution in [0.25, 0.3) is 27.5 Å². The minimum absolute atomic E-state index is 0.241. The molecule has 0 aliphatic carbocycles. The third-order valence-corrected chi connectivity index (χ3v) is 8.94. The normalized spacial score (nSPS) is 16.8. The van der Waals surface area contributed by atoms with Crippen LogP contribution >= 0.6 is 0 Å². The van der Waals surface area contributed by atoms with Crippen LogP contribution in [0.3, 0.4) is 0 Å². The molecule has 7 rings (SSSR count). The van der Waals surface area contributed by atoms with Crippen LogP contribution < -0.4 is 0 Å². The topological polar surface area (TPSA) is 72.4 Å². The number of ether oxygens (including phenoxy) is 2. The summed E-state index contributed by atoms with van der Waals surface area (Å²) in [4.78, 5) is 14.6. The molecule has 42 heavy (non-hydrogen) atoms. The van der Waals surface area contributed by atoms with E-state index in [0.29, 0.717) is 31.5 Å². The fourth-order valence-electron chi connectivity index (χ4n) is 6.71. The van der Waals surface area contributed by atoms with Gasteiger partial charge in [-0.15, -0.1) is 0 Å². The highest BCUT2D eigenvalue weighted by atomic mass is 19.1. The van der Waals surface area contributed by atoms with Crippen molar-refractivity contribution in [1.82, 2.24) is 19.7 Å². The average Bonchev–Trinajstić information content (AvgIpc) is 3.62. The van der Waals surface area contributed by atoms with Crippen molar-refractivity contribution < 1.29 is 18.7 Å². The molecule has 1 N–H and O–H groups in total. The summed E-state index contributed by atoms with van der Waals surface area (Å²) >= 11 is 0. The minimum Gasteiger partial charge on any atom is -0.445 e. The highest BCUT2D eigenvalue weighted by Crippen LogP contribution is 2.41. The lowest BCUT2D eigenvalue weighted by molar-refractivity contribution is 0.0817. The van der Waals surface area contributed by atoms with Gasteiger partial charge in [-0.2, -0.15) is 5.10 Å². The number of carbonyl (C=O) groups excluding carboxylic acids is 1. The Morgan fingerprint density at radius 3 is 2.52 bits per heavy atom. The third-order valence-electron chi connectivity index (χ3n) is 8.94. The monoisotopic (exact) mass is 566 g/mol. The molecule has 216 valence electrons.